The van der Waals surface area contributed by atoms with Gasteiger partial charge in [-0.3, -0.25) is 0 Å². The van der Waals surface area contributed by atoms with Crippen LogP contribution in [0, 0.1) is 13.8 Å². The molecule has 2 aromatic rings. The van der Waals surface area contributed by atoms with Crippen LogP contribution in [-0.4, -0.2) is 9.55 Å². The second kappa shape index (κ2) is 4.07. The molecule has 2 rings (SSSR count). The summed E-state index contributed by atoms with van der Waals surface area (Å²) in [4.78, 5) is 4.44. The Balaban J connectivity index is 2.58. The SMILES string of the molecule is Cc1nc(CCl)c(C)n1-c1ccccc1. The zero-order valence-electron chi connectivity index (χ0n) is 8.87. The number of aromatic nitrogens is 2. The van der Waals surface area contributed by atoms with Crippen LogP contribution in [0.5, 0.6) is 0 Å². The lowest BCUT2D eigenvalue weighted by Gasteiger charge is -2.07. The van der Waals surface area contributed by atoms with Crippen molar-refractivity contribution in [1.29, 1.82) is 0 Å². The van der Waals surface area contributed by atoms with Crippen molar-refractivity contribution in [3.8, 4) is 5.69 Å². The number of aryl methyl sites for hydroxylation is 1. The molecule has 1 aromatic heterocycles. The maximum atomic E-state index is 5.83. The second-order valence-electron chi connectivity index (χ2n) is 3.50. The van der Waals surface area contributed by atoms with Crippen molar-refractivity contribution in [2.75, 3.05) is 0 Å². The zero-order valence-corrected chi connectivity index (χ0v) is 9.62. The van der Waals surface area contributed by atoms with E-state index in [9.17, 15) is 0 Å². The minimum atomic E-state index is 0.465. The molecule has 15 heavy (non-hydrogen) atoms. The number of hydrogen-bond donors (Lipinski definition) is 0. The Morgan fingerprint density at radius 3 is 2.40 bits per heavy atom. The van der Waals surface area contributed by atoms with Gasteiger partial charge in [-0.15, -0.1) is 11.6 Å². The molecule has 0 atom stereocenters. The van der Waals surface area contributed by atoms with E-state index in [4.69, 9.17) is 11.6 Å². The summed E-state index contributed by atoms with van der Waals surface area (Å²) >= 11 is 5.83. The van der Waals surface area contributed by atoms with E-state index >= 15 is 0 Å². The van der Waals surface area contributed by atoms with Crippen LogP contribution in [0.15, 0.2) is 30.3 Å². The molecule has 0 aliphatic heterocycles. The first-order chi connectivity index (χ1) is 7.24. The molecule has 0 saturated carbocycles. The van der Waals surface area contributed by atoms with E-state index in [-0.39, 0.29) is 0 Å². The van der Waals surface area contributed by atoms with E-state index in [0.717, 1.165) is 22.9 Å². The monoisotopic (exact) mass is 220 g/mol. The molecule has 0 N–H and O–H groups in total. The van der Waals surface area contributed by atoms with Gasteiger partial charge in [-0.2, -0.15) is 0 Å². The maximum absolute atomic E-state index is 5.83. The Morgan fingerprint density at radius 2 is 1.87 bits per heavy atom. The van der Waals surface area contributed by atoms with Gasteiger partial charge >= 0.3 is 0 Å². The van der Waals surface area contributed by atoms with Gasteiger partial charge in [0.25, 0.3) is 0 Å². The topological polar surface area (TPSA) is 17.8 Å². The lowest BCUT2D eigenvalue weighted by atomic mass is 10.3. The van der Waals surface area contributed by atoms with E-state index in [1.54, 1.807) is 0 Å². The zero-order chi connectivity index (χ0) is 10.8. The number of alkyl halides is 1. The molecular weight excluding hydrogens is 208 g/mol. The van der Waals surface area contributed by atoms with Crippen molar-refractivity contribution in [3.63, 3.8) is 0 Å². The van der Waals surface area contributed by atoms with Crippen LogP contribution in [0.2, 0.25) is 0 Å². The van der Waals surface area contributed by atoms with Gasteiger partial charge < -0.3 is 4.57 Å². The van der Waals surface area contributed by atoms with Gasteiger partial charge in [-0.1, -0.05) is 18.2 Å². The fourth-order valence-electron chi connectivity index (χ4n) is 1.78. The molecule has 2 nitrogen and oxygen atoms in total. The molecule has 0 bridgehead atoms. The van der Waals surface area contributed by atoms with Gasteiger partial charge in [0.2, 0.25) is 0 Å². The average Bonchev–Trinajstić information content (AvgIpc) is 2.55. The Kier molecular flexibility index (Phi) is 2.78. The lowest BCUT2D eigenvalue weighted by molar-refractivity contribution is 0.940. The molecule has 0 aliphatic carbocycles. The minimum absolute atomic E-state index is 0.465. The summed E-state index contributed by atoms with van der Waals surface area (Å²) < 4.78 is 2.12. The number of hydrogen-bond acceptors (Lipinski definition) is 1. The molecule has 1 aromatic carbocycles. The van der Waals surface area contributed by atoms with Crippen LogP contribution in [0.4, 0.5) is 0 Å². The van der Waals surface area contributed by atoms with Crippen molar-refractivity contribution < 1.29 is 0 Å². The molecule has 0 saturated heterocycles. The smallest absolute Gasteiger partial charge is 0.110 e. The molecule has 1 heterocycles. The van der Waals surface area contributed by atoms with Crippen molar-refractivity contribution >= 4 is 11.6 Å². The van der Waals surface area contributed by atoms with Crippen LogP contribution in [0.3, 0.4) is 0 Å². The molecular formula is C12H13ClN2. The highest BCUT2D eigenvalue weighted by molar-refractivity contribution is 6.17. The quantitative estimate of drug-likeness (QED) is 0.711. The highest BCUT2D eigenvalue weighted by Gasteiger charge is 2.10. The fourth-order valence-corrected chi connectivity index (χ4v) is 2.04. The third kappa shape index (κ3) is 1.77. The number of para-hydroxylation sites is 1. The molecule has 0 amide bonds. The number of rotatable bonds is 2. The van der Waals surface area contributed by atoms with E-state index < -0.39 is 0 Å². The van der Waals surface area contributed by atoms with E-state index in [2.05, 4.69) is 21.7 Å². The first-order valence-electron chi connectivity index (χ1n) is 4.90. The lowest BCUT2D eigenvalue weighted by Crippen LogP contribution is -1.98. The predicted molar refractivity (Wildman–Crippen MR) is 62.6 cm³/mol. The van der Waals surface area contributed by atoms with Gasteiger partial charge in [0.05, 0.1) is 11.6 Å². The summed E-state index contributed by atoms with van der Waals surface area (Å²) in [5, 5.41) is 0. The van der Waals surface area contributed by atoms with Crippen molar-refractivity contribution in [1.82, 2.24) is 9.55 Å². The molecule has 78 valence electrons. The van der Waals surface area contributed by atoms with Crippen LogP contribution >= 0.6 is 11.6 Å². The van der Waals surface area contributed by atoms with Crippen LogP contribution in [0.25, 0.3) is 5.69 Å². The third-order valence-electron chi connectivity index (χ3n) is 2.51. The summed E-state index contributed by atoms with van der Waals surface area (Å²) in [6.45, 7) is 4.04. The number of nitrogens with zero attached hydrogens (tertiary/aromatic N) is 2. The van der Waals surface area contributed by atoms with Gasteiger partial charge in [0.1, 0.15) is 5.82 Å². The summed E-state index contributed by atoms with van der Waals surface area (Å²) in [6.07, 6.45) is 0. The van der Waals surface area contributed by atoms with Crippen molar-refractivity contribution in [3.05, 3.63) is 47.5 Å². The molecule has 0 fully saturated rings. The maximum Gasteiger partial charge on any atom is 0.110 e. The molecule has 0 spiro atoms. The molecule has 0 aliphatic rings. The highest BCUT2D eigenvalue weighted by Crippen LogP contribution is 2.18. The first kappa shape index (κ1) is 10.2. The minimum Gasteiger partial charge on any atom is -0.301 e. The standard InChI is InChI=1S/C12H13ClN2/c1-9-12(8-13)14-10(2)15(9)11-6-4-3-5-7-11/h3-7H,8H2,1-2H3. The summed E-state index contributed by atoms with van der Waals surface area (Å²) in [5.74, 6) is 1.45. The molecule has 3 heteroatoms. The number of benzene rings is 1. The summed E-state index contributed by atoms with van der Waals surface area (Å²) in [6, 6.07) is 10.2. The van der Waals surface area contributed by atoms with Crippen LogP contribution in [-0.2, 0) is 5.88 Å². The van der Waals surface area contributed by atoms with E-state index in [1.807, 2.05) is 32.0 Å². The van der Waals surface area contributed by atoms with Crippen LogP contribution < -0.4 is 0 Å². The fraction of sp³-hybridized carbons (Fsp3) is 0.250. The van der Waals surface area contributed by atoms with Gasteiger partial charge in [0.15, 0.2) is 0 Å². The van der Waals surface area contributed by atoms with Crippen molar-refractivity contribution in [2.45, 2.75) is 19.7 Å². The third-order valence-corrected chi connectivity index (χ3v) is 2.77. The van der Waals surface area contributed by atoms with Gasteiger partial charge in [-0.25, -0.2) is 4.98 Å². The average molecular weight is 221 g/mol. The van der Waals surface area contributed by atoms with E-state index in [0.29, 0.717) is 5.88 Å². The molecule has 0 radical (unpaired) electrons. The number of imidazole rings is 1. The normalized spacial score (nSPS) is 10.6. The van der Waals surface area contributed by atoms with E-state index in [1.165, 1.54) is 0 Å². The predicted octanol–water partition coefficient (Wildman–Crippen LogP) is 3.23. The van der Waals surface area contributed by atoms with Crippen molar-refractivity contribution in [2.24, 2.45) is 0 Å². The van der Waals surface area contributed by atoms with Gasteiger partial charge in [-0.05, 0) is 26.0 Å². The summed E-state index contributed by atoms with van der Waals surface area (Å²) in [7, 11) is 0. The second-order valence-corrected chi connectivity index (χ2v) is 3.76. The highest BCUT2D eigenvalue weighted by atomic mass is 35.5. The first-order valence-corrected chi connectivity index (χ1v) is 5.43. The Hall–Kier alpha value is -1.28. The largest absolute Gasteiger partial charge is 0.301 e. The number of halogens is 1. The summed E-state index contributed by atoms with van der Waals surface area (Å²) in [5.41, 5.74) is 3.21. The van der Waals surface area contributed by atoms with Gasteiger partial charge in [0, 0.05) is 11.4 Å². The Labute approximate surface area is 94.5 Å². The van der Waals surface area contributed by atoms with Crippen LogP contribution in [0.1, 0.15) is 17.2 Å². The Morgan fingerprint density at radius 1 is 1.20 bits per heavy atom. The Bertz CT molecular complexity index is 460. The molecule has 0 unspecified atom stereocenters.